The molecule has 0 aromatic carbocycles. The zero-order valence-corrected chi connectivity index (χ0v) is 9.50. The molecule has 0 atom stereocenters. The molecule has 0 bridgehead atoms. The molecule has 0 aliphatic carbocycles. The van der Waals surface area contributed by atoms with E-state index in [-0.39, 0.29) is 0 Å². The van der Waals surface area contributed by atoms with E-state index in [1.807, 2.05) is 6.07 Å². The van der Waals surface area contributed by atoms with E-state index in [4.69, 9.17) is 5.73 Å². The van der Waals surface area contributed by atoms with Gasteiger partial charge in [-0.15, -0.1) is 0 Å². The van der Waals surface area contributed by atoms with Gasteiger partial charge in [0, 0.05) is 19.2 Å². The second-order valence-corrected chi connectivity index (χ2v) is 4.27. The normalized spacial score (nSPS) is 17.1. The standard InChI is InChI=1S/C9H13BrN4/c10-7-6-8(13-9(11)12-7)14-4-2-1-3-5-14/h6H,1-5H2,(H2,11,12,13). The highest BCUT2D eigenvalue weighted by molar-refractivity contribution is 9.10. The molecule has 76 valence electrons. The van der Waals surface area contributed by atoms with E-state index >= 15 is 0 Å². The highest BCUT2D eigenvalue weighted by Gasteiger charge is 2.13. The smallest absolute Gasteiger partial charge is 0.223 e. The first kappa shape index (κ1) is 9.71. The predicted octanol–water partition coefficient (Wildman–Crippen LogP) is 1.81. The van der Waals surface area contributed by atoms with Crippen molar-refractivity contribution in [3.05, 3.63) is 10.7 Å². The zero-order valence-electron chi connectivity index (χ0n) is 7.91. The summed E-state index contributed by atoms with van der Waals surface area (Å²) >= 11 is 3.32. The Balaban J connectivity index is 2.21. The van der Waals surface area contributed by atoms with Crippen LogP contribution in [-0.4, -0.2) is 23.1 Å². The number of nitrogens with two attached hydrogens (primary N) is 1. The molecular formula is C9H13BrN4. The van der Waals surface area contributed by atoms with E-state index in [9.17, 15) is 0 Å². The third-order valence-corrected chi connectivity index (χ3v) is 2.78. The first-order valence-electron chi connectivity index (χ1n) is 4.81. The van der Waals surface area contributed by atoms with Crippen LogP contribution in [0.15, 0.2) is 10.7 Å². The topological polar surface area (TPSA) is 55.0 Å². The minimum absolute atomic E-state index is 0.333. The van der Waals surface area contributed by atoms with Gasteiger partial charge in [0.1, 0.15) is 10.4 Å². The third kappa shape index (κ3) is 2.15. The van der Waals surface area contributed by atoms with E-state index in [1.54, 1.807) is 0 Å². The van der Waals surface area contributed by atoms with Gasteiger partial charge in [-0.25, -0.2) is 4.98 Å². The fraction of sp³-hybridized carbons (Fsp3) is 0.556. The highest BCUT2D eigenvalue weighted by Crippen LogP contribution is 2.20. The minimum atomic E-state index is 0.333. The maximum Gasteiger partial charge on any atom is 0.223 e. The fourth-order valence-corrected chi connectivity index (χ4v) is 2.09. The number of piperidine rings is 1. The lowest BCUT2D eigenvalue weighted by molar-refractivity contribution is 0.573. The summed E-state index contributed by atoms with van der Waals surface area (Å²) < 4.78 is 0.755. The van der Waals surface area contributed by atoms with E-state index in [1.165, 1.54) is 19.3 Å². The summed E-state index contributed by atoms with van der Waals surface area (Å²) in [6.07, 6.45) is 3.79. The summed E-state index contributed by atoms with van der Waals surface area (Å²) in [5.41, 5.74) is 5.59. The Morgan fingerprint density at radius 1 is 1.21 bits per heavy atom. The lowest BCUT2D eigenvalue weighted by Gasteiger charge is -2.27. The van der Waals surface area contributed by atoms with Crippen LogP contribution in [0.3, 0.4) is 0 Å². The van der Waals surface area contributed by atoms with Gasteiger partial charge in [0.2, 0.25) is 5.95 Å². The van der Waals surface area contributed by atoms with Crippen molar-refractivity contribution < 1.29 is 0 Å². The number of anilines is 2. The number of nitrogens with zero attached hydrogens (tertiary/aromatic N) is 3. The van der Waals surface area contributed by atoms with Gasteiger partial charge >= 0.3 is 0 Å². The number of aromatic nitrogens is 2. The lowest BCUT2D eigenvalue weighted by atomic mass is 10.1. The lowest BCUT2D eigenvalue weighted by Crippen LogP contribution is -2.30. The van der Waals surface area contributed by atoms with Gasteiger partial charge < -0.3 is 10.6 Å². The molecule has 0 spiro atoms. The van der Waals surface area contributed by atoms with Crippen molar-refractivity contribution in [2.45, 2.75) is 19.3 Å². The van der Waals surface area contributed by atoms with Crippen LogP contribution in [0.25, 0.3) is 0 Å². The maximum absolute atomic E-state index is 5.59. The molecule has 1 aliphatic heterocycles. The van der Waals surface area contributed by atoms with Crippen LogP contribution in [0.4, 0.5) is 11.8 Å². The molecule has 2 rings (SSSR count). The van der Waals surface area contributed by atoms with Crippen molar-refractivity contribution in [2.24, 2.45) is 0 Å². The Kier molecular flexibility index (Phi) is 2.86. The molecular weight excluding hydrogens is 244 g/mol. The molecule has 1 saturated heterocycles. The van der Waals surface area contributed by atoms with Crippen molar-refractivity contribution in [3.8, 4) is 0 Å². The monoisotopic (exact) mass is 256 g/mol. The molecule has 0 unspecified atom stereocenters. The second kappa shape index (κ2) is 4.13. The second-order valence-electron chi connectivity index (χ2n) is 3.45. The van der Waals surface area contributed by atoms with E-state index < -0.39 is 0 Å². The predicted molar refractivity (Wildman–Crippen MR) is 60.2 cm³/mol. The number of nitrogen functional groups attached to an aromatic ring is 1. The van der Waals surface area contributed by atoms with Crippen LogP contribution in [0, 0.1) is 0 Å². The minimum Gasteiger partial charge on any atom is -0.368 e. The Hall–Kier alpha value is -0.840. The van der Waals surface area contributed by atoms with E-state index in [2.05, 4.69) is 30.8 Å². The molecule has 4 nitrogen and oxygen atoms in total. The largest absolute Gasteiger partial charge is 0.368 e. The highest BCUT2D eigenvalue weighted by atomic mass is 79.9. The first-order chi connectivity index (χ1) is 6.75. The van der Waals surface area contributed by atoms with Crippen molar-refractivity contribution >= 4 is 27.7 Å². The Morgan fingerprint density at radius 2 is 1.93 bits per heavy atom. The molecule has 1 aromatic rings. The van der Waals surface area contributed by atoms with Crippen LogP contribution < -0.4 is 10.6 Å². The molecule has 0 amide bonds. The van der Waals surface area contributed by atoms with Crippen molar-refractivity contribution in [3.63, 3.8) is 0 Å². The summed E-state index contributed by atoms with van der Waals surface area (Å²) in [6, 6.07) is 1.92. The zero-order chi connectivity index (χ0) is 9.97. The summed E-state index contributed by atoms with van der Waals surface area (Å²) in [5.74, 6) is 1.27. The van der Waals surface area contributed by atoms with Gasteiger partial charge in [-0.2, -0.15) is 4.98 Å². The maximum atomic E-state index is 5.59. The van der Waals surface area contributed by atoms with Crippen molar-refractivity contribution in [1.82, 2.24) is 9.97 Å². The summed E-state index contributed by atoms with van der Waals surface area (Å²) in [5, 5.41) is 0. The Labute approximate surface area is 91.7 Å². The Morgan fingerprint density at radius 3 is 2.57 bits per heavy atom. The van der Waals surface area contributed by atoms with Crippen LogP contribution in [0.5, 0.6) is 0 Å². The quantitative estimate of drug-likeness (QED) is 0.779. The average molecular weight is 257 g/mol. The molecule has 2 N–H and O–H groups in total. The number of hydrogen-bond donors (Lipinski definition) is 1. The number of hydrogen-bond acceptors (Lipinski definition) is 4. The third-order valence-electron chi connectivity index (χ3n) is 2.38. The van der Waals surface area contributed by atoms with Gasteiger partial charge in [-0.1, -0.05) is 0 Å². The van der Waals surface area contributed by atoms with Crippen molar-refractivity contribution in [2.75, 3.05) is 23.7 Å². The van der Waals surface area contributed by atoms with Crippen LogP contribution in [0.1, 0.15) is 19.3 Å². The summed E-state index contributed by atoms with van der Waals surface area (Å²) in [7, 11) is 0. The van der Waals surface area contributed by atoms with Crippen LogP contribution >= 0.6 is 15.9 Å². The molecule has 1 aromatic heterocycles. The first-order valence-corrected chi connectivity index (χ1v) is 5.60. The molecule has 1 aliphatic rings. The van der Waals surface area contributed by atoms with Gasteiger partial charge in [0.05, 0.1) is 0 Å². The molecule has 1 fully saturated rings. The molecule has 2 heterocycles. The molecule has 5 heteroatoms. The number of halogens is 1. The molecule has 14 heavy (non-hydrogen) atoms. The molecule has 0 saturated carbocycles. The number of rotatable bonds is 1. The SMILES string of the molecule is Nc1nc(Br)cc(N2CCCCC2)n1. The van der Waals surface area contributed by atoms with Gasteiger partial charge in [0.15, 0.2) is 0 Å². The van der Waals surface area contributed by atoms with Gasteiger partial charge in [-0.05, 0) is 35.2 Å². The van der Waals surface area contributed by atoms with E-state index in [0.29, 0.717) is 5.95 Å². The Bertz CT molecular complexity index is 302. The fourth-order valence-electron chi connectivity index (χ4n) is 1.71. The van der Waals surface area contributed by atoms with Crippen LogP contribution in [0.2, 0.25) is 0 Å². The van der Waals surface area contributed by atoms with Crippen LogP contribution in [-0.2, 0) is 0 Å². The van der Waals surface area contributed by atoms with E-state index in [0.717, 1.165) is 23.5 Å². The molecule has 0 radical (unpaired) electrons. The van der Waals surface area contributed by atoms with Gasteiger partial charge in [0.25, 0.3) is 0 Å². The van der Waals surface area contributed by atoms with Crippen molar-refractivity contribution in [1.29, 1.82) is 0 Å². The van der Waals surface area contributed by atoms with Gasteiger partial charge in [-0.3, -0.25) is 0 Å². The summed E-state index contributed by atoms with van der Waals surface area (Å²) in [6.45, 7) is 2.14. The summed E-state index contributed by atoms with van der Waals surface area (Å²) in [4.78, 5) is 10.5. The average Bonchev–Trinajstić information content (AvgIpc) is 2.18.